The average molecular weight is 380 g/mol. The van der Waals surface area contributed by atoms with Crippen molar-refractivity contribution in [3.05, 3.63) is 35.5 Å². The van der Waals surface area contributed by atoms with E-state index in [1.54, 1.807) is 0 Å². The normalized spacial score (nSPS) is 24.9. The molecular formula is C19H25NO3S2. The number of ether oxygens (including phenoxy) is 1. The van der Waals surface area contributed by atoms with Crippen molar-refractivity contribution in [3.8, 4) is 0 Å². The minimum Gasteiger partial charge on any atom is -0.430 e. The molecule has 0 spiro atoms. The number of hydrogen-bond donors (Lipinski definition) is 2. The first kappa shape index (κ1) is 18.7. The maximum atomic E-state index is 11.8. The second kappa shape index (κ2) is 6.89. The van der Waals surface area contributed by atoms with E-state index in [4.69, 9.17) is 4.74 Å². The molecule has 0 radical (unpaired) electrons. The fraction of sp³-hybridized carbons (Fsp3) is 0.526. The van der Waals surface area contributed by atoms with Gasteiger partial charge in [0.05, 0.1) is 5.69 Å². The third-order valence-corrected chi connectivity index (χ3v) is 8.24. The molecule has 1 aromatic carbocycles. The second-order valence-corrected chi connectivity index (χ2v) is 8.85. The quantitative estimate of drug-likeness (QED) is 0.588. The lowest BCUT2D eigenvalue weighted by Gasteiger charge is -2.49. The Hall–Kier alpha value is -1.11. The molecule has 2 aromatic rings. The molecule has 2 N–H and O–H groups in total. The van der Waals surface area contributed by atoms with E-state index >= 15 is 0 Å². The summed E-state index contributed by atoms with van der Waals surface area (Å²) >= 11 is 3.05. The zero-order chi connectivity index (χ0) is 18.2. The van der Waals surface area contributed by atoms with Crippen molar-refractivity contribution >= 4 is 40.4 Å². The summed E-state index contributed by atoms with van der Waals surface area (Å²) in [7, 11) is 0. The van der Waals surface area contributed by atoms with Crippen LogP contribution in [0.1, 0.15) is 50.3 Å². The third-order valence-electron chi connectivity index (χ3n) is 5.05. The van der Waals surface area contributed by atoms with Crippen molar-refractivity contribution < 1.29 is 14.6 Å². The van der Waals surface area contributed by atoms with Crippen LogP contribution < -0.4 is 0 Å². The molecule has 0 amide bonds. The number of benzene rings is 1. The molecule has 0 saturated carbocycles. The molecular weight excluding hydrogens is 354 g/mol. The zero-order valence-corrected chi connectivity index (χ0v) is 16.7. The number of fused-ring (bicyclic) bond motifs is 3. The first-order chi connectivity index (χ1) is 11.9. The summed E-state index contributed by atoms with van der Waals surface area (Å²) in [5, 5.41) is 12.7. The number of carbonyl (C=O) groups excluding carboxylic acids is 1. The summed E-state index contributed by atoms with van der Waals surface area (Å²) in [6.07, 6.45) is 6.28. The van der Waals surface area contributed by atoms with E-state index in [0.717, 1.165) is 24.1 Å². The van der Waals surface area contributed by atoms with Gasteiger partial charge in [-0.1, -0.05) is 31.5 Å². The SMILES string of the molecule is CCCC1CC(O)(OC(C)=O)C(SC)(SC)c2[nH]c3ccccc3c21. The number of aromatic amines is 1. The molecule has 6 heteroatoms. The maximum absolute atomic E-state index is 11.8. The summed E-state index contributed by atoms with van der Waals surface area (Å²) in [6, 6.07) is 8.26. The van der Waals surface area contributed by atoms with Gasteiger partial charge in [0.15, 0.2) is 4.08 Å². The molecule has 0 aliphatic heterocycles. The molecule has 1 aliphatic carbocycles. The van der Waals surface area contributed by atoms with Gasteiger partial charge in [-0.3, -0.25) is 4.79 Å². The van der Waals surface area contributed by atoms with Crippen molar-refractivity contribution in [1.29, 1.82) is 0 Å². The number of H-pyrrole nitrogens is 1. The van der Waals surface area contributed by atoms with Crippen LogP contribution in [0.2, 0.25) is 0 Å². The molecule has 136 valence electrons. The van der Waals surface area contributed by atoms with Crippen LogP contribution in [0.15, 0.2) is 24.3 Å². The predicted octanol–water partition coefficient (Wildman–Crippen LogP) is 4.59. The summed E-state index contributed by atoms with van der Waals surface area (Å²) < 4.78 is 4.78. The van der Waals surface area contributed by atoms with Gasteiger partial charge in [-0.15, -0.1) is 23.5 Å². The van der Waals surface area contributed by atoms with Crippen molar-refractivity contribution in [3.63, 3.8) is 0 Å². The molecule has 1 aromatic heterocycles. The number of para-hydroxylation sites is 1. The van der Waals surface area contributed by atoms with E-state index in [2.05, 4.69) is 24.0 Å². The Morgan fingerprint density at radius 3 is 2.64 bits per heavy atom. The van der Waals surface area contributed by atoms with Gasteiger partial charge >= 0.3 is 5.97 Å². The van der Waals surface area contributed by atoms with Crippen LogP contribution in [0.4, 0.5) is 0 Å². The number of esters is 1. The Morgan fingerprint density at radius 1 is 1.36 bits per heavy atom. The van der Waals surface area contributed by atoms with Gasteiger partial charge in [-0.05, 0) is 36.5 Å². The van der Waals surface area contributed by atoms with Crippen LogP contribution in [-0.2, 0) is 13.6 Å². The number of thioether (sulfide) groups is 2. The average Bonchev–Trinajstić information content (AvgIpc) is 2.95. The van der Waals surface area contributed by atoms with Crippen molar-refractivity contribution in [2.75, 3.05) is 12.5 Å². The third kappa shape index (κ3) is 2.78. The van der Waals surface area contributed by atoms with E-state index in [-0.39, 0.29) is 5.92 Å². The molecule has 1 heterocycles. The molecule has 4 nitrogen and oxygen atoms in total. The first-order valence-corrected chi connectivity index (χ1v) is 11.0. The van der Waals surface area contributed by atoms with Crippen molar-refractivity contribution in [2.24, 2.45) is 0 Å². The minimum atomic E-state index is -1.55. The molecule has 1 aliphatic rings. The van der Waals surface area contributed by atoms with Crippen LogP contribution in [0.25, 0.3) is 10.9 Å². The number of rotatable bonds is 5. The maximum Gasteiger partial charge on any atom is 0.305 e. The summed E-state index contributed by atoms with van der Waals surface area (Å²) in [5.74, 6) is -1.86. The highest BCUT2D eigenvalue weighted by molar-refractivity contribution is 8.17. The number of hydrogen-bond acceptors (Lipinski definition) is 5. The van der Waals surface area contributed by atoms with Crippen LogP contribution >= 0.6 is 23.5 Å². The van der Waals surface area contributed by atoms with E-state index in [1.807, 2.05) is 24.6 Å². The van der Waals surface area contributed by atoms with Gasteiger partial charge in [-0.2, -0.15) is 0 Å². The lowest BCUT2D eigenvalue weighted by Crippen LogP contribution is -2.54. The minimum absolute atomic E-state index is 0.146. The number of nitrogens with one attached hydrogen (secondary N) is 1. The molecule has 3 rings (SSSR count). The predicted molar refractivity (Wildman–Crippen MR) is 106 cm³/mol. The Bertz CT molecular complexity index is 784. The Morgan fingerprint density at radius 2 is 2.04 bits per heavy atom. The second-order valence-electron chi connectivity index (χ2n) is 6.55. The summed E-state index contributed by atoms with van der Waals surface area (Å²) in [6.45, 7) is 3.50. The van der Waals surface area contributed by atoms with Gasteiger partial charge in [-0.25, -0.2) is 0 Å². The van der Waals surface area contributed by atoms with Crippen LogP contribution in [-0.4, -0.2) is 34.4 Å². The fourth-order valence-corrected chi connectivity index (χ4v) is 6.45. The van der Waals surface area contributed by atoms with Gasteiger partial charge < -0.3 is 14.8 Å². The van der Waals surface area contributed by atoms with Gasteiger partial charge in [0.25, 0.3) is 0 Å². The summed E-state index contributed by atoms with van der Waals surface area (Å²) in [4.78, 5) is 15.3. The van der Waals surface area contributed by atoms with Crippen molar-refractivity contribution in [2.45, 2.75) is 48.9 Å². The highest BCUT2D eigenvalue weighted by Crippen LogP contribution is 2.61. The van der Waals surface area contributed by atoms with Crippen LogP contribution in [0.3, 0.4) is 0 Å². The highest BCUT2D eigenvalue weighted by atomic mass is 32.2. The first-order valence-electron chi connectivity index (χ1n) is 8.55. The highest BCUT2D eigenvalue weighted by Gasteiger charge is 2.60. The molecule has 0 bridgehead atoms. The van der Waals surface area contributed by atoms with Crippen LogP contribution in [0, 0.1) is 0 Å². The Kier molecular flexibility index (Phi) is 5.15. The van der Waals surface area contributed by atoms with Crippen LogP contribution in [0.5, 0.6) is 0 Å². The Labute approximate surface area is 157 Å². The van der Waals surface area contributed by atoms with Crippen molar-refractivity contribution in [1.82, 2.24) is 4.98 Å². The lowest BCUT2D eigenvalue weighted by atomic mass is 9.78. The smallest absolute Gasteiger partial charge is 0.305 e. The topological polar surface area (TPSA) is 62.3 Å². The molecule has 2 atom stereocenters. The standard InChI is InChI=1S/C19H25NO3S2/c1-5-8-13-11-18(22,23-12(2)21)19(24-3,25-4)17-16(13)14-9-6-7-10-15(14)20-17/h6-7,9-10,13,20,22H,5,8,11H2,1-4H3. The molecule has 0 saturated heterocycles. The molecule has 2 unspecified atom stereocenters. The molecule has 0 fully saturated rings. The largest absolute Gasteiger partial charge is 0.430 e. The van der Waals surface area contributed by atoms with E-state index < -0.39 is 15.8 Å². The number of aromatic nitrogens is 1. The van der Waals surface area contributed by atoms with Gasteiger partial charge in [0.1, 0.15) is 0 Å². The van der Waals surface area contributed by atoms with E-state index in [0.29, 0.717) is 6.42 Å². The summed E-state index contributed by atoms with van der Waals surface area (Å²) in [5.41, 5.74) is 3.30. The fourth-order valence-electron chi connectivity index (χ4n) is 4.16. The monoisotopic (exact) mass is 379 g/mol. The van der Waals surface area contributed by atoms with E-state index in [9.17, 15) is 9.90 Å². The number of aliphatic hydroxyl groups is 1. The van der Waals surface area contributed by atoms with E-state index in [1.165, 1.54) is 41.4 Å². The van der Waals surface area contributed by atoms with Gasteiger partial charge in [0, 0.05) is 24.2 Å². The van der Waals surface area contributed by atoms with Gasteiger partial charge in [0.2, 0.25) is 5.79 Å². The number of carbonyl (C=O) groups is 1. The lowest BCUT2D eigenvalue weighted by molar-refractivity contribution is -0.219. The molecule has 25 heavy (non-hydrogen) atoms. The Balaban J connectivity index is 2.30. The zero-order valence-electron chi connectivity index (χ0n) is 15.1.